The van der Waals surface area contributed by atoms with Gasteiger partial charge in [-0.2, -0.15) is 5.10 Å². The molecule has 130 valence electrons. The zero-order valence-corrected chi connectivity index (χ0v) is 14.7. The Labute approximate surface area is 150 Å². The molecular formula is C20H19N5O. The first-order chi connectivity index (χ1) is 12.7. The molecule has 0 bridgehead atoms. The van der Waals surface area contributed by atoms with E-state index in [-0.39, 0.29) is 5.91 Å². The van der Waals surface area contributed by atoms with E-state index in [1.807, 2.05) is 62.4 Å². The summed E-state index contributed by atoms with van der Waals surface area (Å²) < 4.78 is 1.70. The number of benzene rings is 2. The van der Waals surface area contributed by atoms with Crippen LogP contribution in [0.2, 0.25) is 0 Å². The Morgan fingerprint density at radius 2 is 1.92 bits per heavy atom. The third-order valence-corrected chi connectivity index (χ3v) is 4.25. The van der Waals surface area contributed by atoms with Crippen molar-refractivity contribution in [3.05, 3.63) is 66.0 Å². The van der Waals surface area contributed by atoms with Gasteiger partial charge < -0.3 is 10.3 Å². The number of nitrogens with zero attached hydrogens (tertiary/aromatic N) is 3. The van der Waals surface area contributed by atoms with Crippen molar-refractivity contribution in [1.82, 2.24) is 19.7 Å². The summed E-state index contributed by atoms with van der Waals surface area (Å²) in [7, 11) is 0. The number of para-hydroxylation sites is 3. The van der Waals surface area contributed by atoms with Gasteiger partial charge in [-0.1, -0.05) is 24.3 Å². The van der Waals surface area contributed by atoms with Crippen LogP contribution in [0.4, 0.5) is 5.69 Å². The molecule has 26 heavy (non-hydrogen) atoms. The first kappa shape index (κ1) is 16.1. The van der Waals surface area contributed by atoms with Crippen molar-refractivity contribution in [2.75, 3.05) is 5.32 Å². The molecule has 0 saturated carbocycles. The lowest BCUT2D eigenvalue weighted by Gasteiger charge is -2.10. The fraction of sp³-hybridized carbons (Fsp3) is 0.150. The van der Waals surface area contributed by atoms with Gasteiger partial charge in [0.1, 0.15) is 11.5 Å². The number of hydrogen-bond acceptors (Lipinski definition) is 3. The minimum atomic E-state index is -0.184. The third-order valence-electron chi connectivity index (χ3n) is 4.25. The smallest absolute Gasteiger partial charge is 0.273 e. The number of aryl methyl sites for hydroxylation is 2. The van der Waals surface area contributed by atoms with Gasteiger partial charge in [-0.05, 0) is 44.2 Å². The van der Waals surface area contributed by atoms with E-state index in [0.29, 0.717) is 17.9 Å². The number of carbonyl (C=O) groups excluding carboxylic acids is 1. The fourth-order valence-electron chi connectivity index (χ4n) is 3.03. The predicted molar refractivity (Wildman–Crippen MR) is 102 cm³/mol. The second kappa shape index (κ2) is 6.48. The number of H-pyrrole nitrogens is 1. The summed E-state index contributed by atoms with van der Waals surface area (Å²) in [5.74, 6) is 0.540. The van der Waals surface area contributed by atoms with E-state index >= 15 is 0 Å². The molecule has 1 amide bonds. The number of rotatable bonds is 4. The number of imidazole rings is 1. The molecule has 0 saturated heterocycles. The number of aromatic nitrogens is 4. The van der Waals surface area contributed by atoms with Gasteiger partial charge in [0.15, 0.2) is 0 Å². The quantitative estimate of drug-likeness (QED) is 0.587. The van der Waals surface area contributed by atoms with Crippen LogP contribution in [0.3, 0.4) is 0 Å². The molecule has 0 radical (unpaired) electrons. The number of nitrogens with one attached hydrogen (secondary N) is 2. The maximum Gasteiger partial charge on any atom is 0.273 e. The van der Waals surface area contributed by atoms with E-state index in [1.54, 1.807) is 10.7 Å². The van der Waals surface area contributed by atoms with Gasteiger partial charge in [0.2, 0.25) is 0 Å². The van der Waals surface area contributed by atoms with Crippen LogP contribution in [0.1, 0.15) is 23.1 Å². The molecule has 6 heteroatoms. The molecule has 0 unspecified atom stereocenters. The number of hydrogen-bond donors (Lipinski definition) is 2. The van der Waals surface area contributed by atoms with Crippen molar-refractivity contribution in [2.24, 2.45) is 0 Å². The topological polar surface area (TPSA) is 75.6 Å². The maximum absolute atomic E-state index is 12.8. The zero-order valence-electron chi connectivity index (χ0n) is 14.7. The van der Waals surface area contributed by atoms with Crippen molar-refractivity contribution < 1.29 is 4.79 Å². The van der Waals surface area contributed by atoms with E-state index < -0.39 is 0 Å². The standard InChI is InChI=1S/C20H19N5O/c1-3-25-18(12-13(2)24-25)20(26)23-15-9-5-4-8-14(15)19-21-16-10-6-7-11-17(16)22-19/h4-12H,3H2,1-2H3,(H,21,22)(H,23,26). The van der Waals surface area contributed by atoms with E-state index in [1.165, 1.54) is 0 Å². The van der Waals surface area contributed by atoms with Crippen molar-refractivity contribution in [3.8, 4) is 11.4 Å². The van der Waals surface area contributed by atoms with Gasteiger partial charge in [0.05, 0.1) is 22.4 Å². The van der Waals surface area contributed by atoms with E-state index in [9.17, 15) is 4.79 Å². The molecule has 0 aliphatic rings. The Morgan fingerprint density at radius 3 is 2.73 bits per heavy atom. The summed E-state index contributed by atoms with van der Waals surface area (Å²) in [6.45, 7) is 4.48. The summed E-state index contributed by atoms with van der Waals surface area (Å²) >= 11 is 0. The molecule has 0 fully saturated rings. The van der Waals surface area contributed by atoms with E-state index in [2.05, 4.69) is 20.4 Å². The molecule has 0 spiro atoms. The highest BCUT2D eigenvalue weighted by molar-refractivity contribution is 6.05. The van der Waals surface area contributed by atoms with Crippen molar-refractivity contribution in [3.63, 3.8) is 0 Å². The molecule has 2 heterocycles. The molecule has 0 aliphatic carbocycles. The molecule has 2 aromatic carbocycles. The molecule has 0 atom stereocenters. The minimum absolute atomic E-state index is 0.184. The Bertz CT molecular complexity index is 1060. The van der Waals surface area contributed by atoms with Crippen LogP contribution in [0.5, 0.6) is 0 Å². The Morgan fingerprint density at radius 1 is 1.15 bits per heavy atom. The SMILES string of the molecule is CCn1nc(C)cc1C(=O)Nc1ccccc1-c1nc2ccccc2[nH]1. The van der Waals surface area contributed by atoms with Crippen LogP contribution in [-0.4, -0.2) is 25.7 Å². The first-order valence-electron chi connectivity index (χ1n) is 8.55. The largest absolute Gasteiger partial charge is 0.338 e. The molecule has 4 aromatic rings. The molecule has 2 aromatic heterocycles. The van der Waals surface area contributed by atoms with Gasteiger partial charge in [-0.3, -0.25) is 9.48 Å². The lowest BCUT2D eigenvalue weighted by molar-refractivity contribution is 0.101. The molecule has 0 aliphatic heterocycles. The van der Waals surface area contributed by atoms with Crippen LogP contribution in [0.25, 0.3) is 22.4 Å². The second-order valence-electron chi connectivity index (χ2n) is 6.09. The van der Waals surface area contributed by atoms with Gasteiger partial charge in [0, 0.05) is 12.1 Å². The summed E-state index contributed by atoms with van der Waals surface area (Å²) in [6.07, 6.45) is 0. The number of fused-ring (bicyclic) bond motifs is 1. The van der Waals surface area contributed by atoms with Gasteiger partial charge in [0.25, 0.3) is 5.91 Å². The molecular weight excluding hydrogens is 326 g/mol. The van der Waals surface area contributed by atoms with Crippen LogP contribution >= 0.6 is 0 Å². The average Bonchev–Trinajstić information content (AvgIpc) is 3.25. The van der Waals surface area contributed by atoms with Crippen molar-refractivity contribution in [1.29, 1.82) is 0 Å². The molecule has 4 rings (SSSR count). The first-order valence-corrected chi connectivity index (χ1v) is 8.55. The van der Waals surface area contributed by atoms with Crippen molar-refractivity contribution >= 4 is 22.6 Å². The predicted octanol–water partition coefficient (Wildman–Crippen LogP) is 4.01. The summed E-state index contributed by atoms with van der Waals surface area (Å²) in [6, 6.07) is 17.3. The highest BCUT2D eigenvalue weighted by atomic mass is 16.2. The van der Waals surface area contributed by atoms with E-state index in [4.69, 9.17) is 0 Å². The number of carbonyl (C=O) groups is 1. The lowest BCUT2D eigenvalue weighted by Crippen LogP contribution is -2.17. The Balaban J connectivity index is 1.70. The van der Waals surface area contributed by atoms with Gasteiger partial charge in [-0.25, -0.2) is 4.98 Å². The van der Waals surface area contributed by atoms with Crippen LogP contribution < -0.4 is 5.32 Å². The molecule has 2 N–H and O–H groups in total. The number of aromatic amines is 1. The van der Waals surface area contributed by atoms with Crippen molar-refractivity contribution in [2.45, 2.75) is 20.4 Å². The maximum atomic E-state index is 12.8. The third kappa shape index (κ3) is 2.86. The normalized spacial score (nSPS) is 11.0. The van der Waals surface area contributed by atoms with Crippen LogP contribution in [-0.2, 0) is 6.54 Å². The summed E-state index contributed by atoms with van der Waals surface area (Å²) in [5, 5.41) is 7.34. The minimum Gasteiger partial charge on any atom is -0.338 e. The lowest BCUT2D eigenvalue weighted by atomic mass is 10.1. The number of anilines is 1. The summed E-state index contributed by atoms with van der Waals surface area (Å²) in [5.41, 5.74) is 4.77. The molecule has 6 nitrogen and oxygen atoms in total. The van der Waals surface area contributed by atoms with Crippen LogP contribution in [0.15, 0.2) is 54.6 Å². The average molecular weight is 345 g/mol. The summed E-state index contributed by atoms with van der Waals surface area (Å²) in [4.78, 5) is 20.7. The zero-order chi connectivity index (χ0) is 18.1. The number of amides is 1. The highest BCUT2D eigenvalue weighted by Gasteiger charge is 2.16. The second-order valence-corrected chi connectivity index (χ2v) is 6.09. The van der Waals surface area contributed by atoms with Gasteiger partial charge in [-0.15, -0.1) is 0 Å². The van der Waals surface area contributed by atoms with E-state index in [0.717, 1.165) is 28.1 Å². The highest BCUT2D eigenvalue weighted by Crippen LogP contribution is 2.28. The Kier molecular flexibility index (Phi) is 4.01. The Hall–Kier alpha value is -3.41. The fourth-order valence-corrected chi connectivity index (χ4v) is 3.03. The monoisotopic (exact) mass is 345 g/mol. The van der Waals surface area contributed by atoms with Crippen LogP contribution in [0, 0.1) is 6.92 Å². The van der Waals surface area contributed by atoms with Gasteiger partial charge >= 0.3 is 0 Å².